The van der Waals surface area contributed by atoms with E-state index in [1.165, 1.54) is 5.56 Å². The molecule has 0 amide bonds. The van der Waals surface area contributed by atoms with Crippen LogP contribution in [0.5, 0.6) is 5.75 Å². The summed E-state index contributed by atoms with van der Waals surface area (Å²) in [6, 6.07) is 15.8. The molecule has 0 aromatic heterocycles. The van der Waals surface area contributed by atoms with E-state index in [0.29, 0.717) is 6.42 Å². The molecule has 0 radical (unpaired) electrons. The largest absolute Gasteiger partial charge is 0.496 e. The third kappa shape index (κ3) is 4.01. The second-order valence-electron chi connectivity index (χ2n) is 6.91. The molecule has 2 atom stereocenters. The van der Waals surface area contributed by atoms with Gasteiger partial charge in [-0.05, 0) is 48.6 Å². The van der Waals surface area contributed by atoms with Crippen molar-refractivity contribution in [2.24, 2.45) is 5.92 Å². The van der Waals surface area contributed by atoms with Gasteiger partial charge in [-0.1, -0.05) is 49.4 Å². The van der Waals surface area contributed by atoms with Gasteiger partial charge in [-0.25, -0.2) is 0 Å². The summed E-state index contributed by atoms with van der Waals surface area (Å²) in [6.07, 6.45) is 3.09. The SMILES string of the molecule is CCOC(=O)[C@H]1C(=O)C=C(c2ccccc2OC)C[C@H]1c1ccc(CC)cc1. The van der Waals surface area contributed by atoms with E-state index >= 15 is 0 Å². The first-order valence-corrected chi connectivity index (χ1v) is 9.72. The summed E-state index contributed by atoms with van der Waals surface area (Å²) in [5.74, 6) is -1.02. The van der Waals surface area contributed by atoms with Crippen LogP contribution >= 0.6 is 0 Å². The fourth-order valence-electron chi connectivity index (χ4n) is 3.79. The summed E-state index contributed by atoms with van der Waals surface area (Å²) in [5.41, 5.74) is 3.96. The maximum atomic E-state index is 13.0. The third-order valence-corrected chi connectivity index (χ3v) is 5.27. The molecule has 0 bridgehead atoms. The van der Waals surface area contributed by atoms with Gasteiger partial charge in [-0.15, -0.1) is 0 Å². The number of ketones is 1. The first-order valence-electron chi connectivity index (χ1n) is 9.72. The fraction of sp³-hybridized carbons (Fsp3) is 0.333. The molecule has 2 aromatic carbocycles. The number of rotatable bonds is 6. The average molecular weight is 378 g/mol. The number of benzene rings is 2. The van der Waals surface area contributed by atoms with Crippen LogP contribution in [0, 0.1) is 5.92 Å². The highest BCUT2D eigenvalue weighted by Gasteiger charge is 2.40. The lowest BCUT2D eigenvalue weighted by atomic mass is 9.73. The number of aryl methyl sites for hydroxylation is 1. The predicted octanol–water partition coefficient (Wildman–Crippen LogP) is 4.58. The number of para-hydroxylation sites is 1. The topological polar surface area (TPSA) is 52.6 Å². The van der Waals surface area contributed by atoms with E-state index in [9.17, 15) is 9.59 Å². The van der Waals surface area contributed by atoms with E-state index in [1.54, 1.807) is 20.1 Å². The molecular weight excluding hydrogens is 352 g/mol. The summed E-state index contributed by atoms with van der Waals surface area (Å²) in [7, 11) is 1.62. The molecule has 1 aliphatic carbocycles. The van der Waals surface area contributed by atoms with E-state index in [1.807, 2.05) is 36.4 Å². The molecule has 0 heterocycles. The van der Waals surface area contributed by atoms with Gasteiger partial charge in [0.15, 0.2) is 5.78 Å². The van der Waals surface area contributed by atoms with E-state index in [-0.39, 0.29) is 18.3 Å². The number of esters is 1. The molecule has 0 fully saturated rings. The quantitative estimate of drug-likeness (QED) is 0.545. The van der Waals surface area contributed by atoms with Crippen LogP contribution in [0.1, 0.15) is 42.9 Å². The van der Waals surface area contributed by atoms with Crippen LogP contribution in [-0.2, 0) is 20.7 Å². The molecule has 0 spiro atoms. The van der Waals surface area contributed by atoms with Gasteiger partial charge in [-0.2, -0.15) is 0 Å². The molecule has 4 heteroatoms. The Bertz CT molecular complexity index is 880. The van der Waals surface area contributed by atoms with Gasteiger partial charge in [0, 0.05) is 11.5 Å². The van der Waals surface area contributed by atoms with Crippen LogP contribution in [0.3, 0.4) is 0 Å². The van der Waals surface area contributed by atoms with Crippen molar-refractivity contribution in [3.05, 3.63) is 71.3 Å². The van der Waals surface area contributed by atoms with Crippen molar-refractivity contribution in [3.63, 3.8) is 0 Å². The number of hydrogen-bond donors (Lipinski definition) is 0. The highest BCUT2D eigenvalue weighted by molar-refractivity contribution is 6.11. The summed E-state index contributed by atoms with van der Waals surface area (Å²) >= 11 is 0. The molecule has 0 unspecified atom stereocenters. The zero-order valence-electron chi connectivity index (χ0n) is 16.6. The molecule has 0 aliphatic heterocycles. The summed E-state index contributed by atoms with van der Waals surface area (Å²) in [6.45, 7) is 4.11. The Morgan fingerprint density at radius 1 is 1.07 bits per heavy atom. The highest BCUT2D eigenvalue weighted by Crippen LogP contribution is 2.42. The van der Waals surface area contributed by atoms with E-state index in [4.69, 9.17) is 9.47 Å². The van der Waals surface area contributed by atoms with Gasteiger partial charge in [0.1, 0.15) is 11.7 Å². The lowest BCUT2D eigenvalue weighted by molar-refractivity contribution is -0.151. The Kier molecular flexibility index (Phi) is 6.30. The molecule has 28 heavy (non-hydrogen) atoms. The average Bonchev–Trinajstić information content (AvgIpc) is 2.73. The monoisotopic (exact) mass is 378 g/mol. The predicted molar refractivity (Wildman–Crippen MR) is 109 cm³/mol. The van der Waals surface area contributed by atoms with Crippen molar-refractivity contribution < 1.29 is 19.1 Å². The van der Waals surface area contributed by atoms with Crippen molar-refractivity contribution in [2.75, 3.05) is 13.7 Å². The van der Waals surface area contributed by atoms with Crippen LogP contribution < -0.4 is 4.74 Å². The van der Waals surface area contributed by atoms with Gasteiger partial charge in [0.05, 0.1) is 13.7 Å². The van der Waals surface area contributed by atoms with Crippen LogP contribution in [0.15, 0.2) is 54.6 Å². The van der Waals surface area contributed by atoms with Crippen LogP contribution in [0.4, 0.5) is 0 Å². The van der Waals surface area contributed by atoms with E-state index in [0.717, 1.165) is 28.9 Å². The van der Waals surface area contributed by atoms with Crippen molar-refractivity contribution >= 4 is 17.3 Å². The standard InChI is InChI=1S/C24H26O4/c1-4-16-10-12-17(13-11-16)20-14-18(19-8-6-7-9-22(19)27-3)15-21(25)23(20)24(26)28-5-2/h6-13,15,20,23H,4-5,14H2,1-3H3/t20-,23+/m0/s1. The summed E-state index contributed by atoms with van der Waals surface area (Å²) in [5, 5.41) is 0. The van der Waals surface area contributed by atoms with Gasteiger partial charge in [0.25, 0.3) is 0 Å². The van der Waals surface area contributed by atoms with Gasteiger partial charge in [-0.3, -0.25) is 9.59 Å². The minimum absolute atomic E-state index is 0.213. The number of allylic oxidation sites excluding steroid dienone is 2. The Labute approximate surface area is 166 Å². The highest BCUT2D eigenvalue weighted by atomic mass is 16.5. The fourth-order valence-corrected chi connectivity index (χ4v) is 3.79. The Morgan fingerprint density at radius 2 is 1.79 bits per heavy atom. The van der Waals surface area contributed by atoms with Crippen molar-refractivity contribution in [1.29, 1.82) is 0 Å². The van der Waals surface area contributed by atoms with Crippen LogP contribution in [0.2, 0.25) is 0 Å². The van der Waals surface area contributed by atoms with Gasteiger partial charge >= 0.3 is 5.97 Å². The van der Waals surface area contributed by atoms with Crippen LogP contribution in [0.25, 0.3) is 5.57 Å². The zero-order valence-corrected chi connectivity index (χ0v) is 16.6. The maximum Gasteiger partial charge on any atom is 0.317 e. The molecule has 3 rings (SSSR count). The van der Waals surface area contributed by atoms with Crippen molar-refractivity contribution in [3.8, 4) is 5.75 Å². The number of carbonyl (C=O) groups excluding carboxylic acids is 2. The molecule has 0 saturated carbocycles. The lowest BCUT2D eigenvalue weighted by Gasteiger charge is -2.30. The second kappa shape index (κ2) is 8.87. The van der Waals surface area contributed by atoms with Crippen molar-refractivity contribution in [2.45, 2.75) is 32.6 Å². The smallest absolute Gasteiger partial charge is 0.317 e. The molecule has 146 valence electrons. The first kappa shape index (κ1) is 19.9. The minimum atomic E-state index is -0.814. The second-order valence-corrected chi connectivity index (χ2v) is 6.91. The first-order chi connectivity index (χ1) is 13.6. The minimum Gasteiger partial charge on any atom is -0.496 e. The number of hydrogen-bond acceptors (Lipinski definition) is 4. The third-order valence-electron chi connectivity index (χ3n) is 5.27. The maximum absolute atomic E-state index is 13.0. The van der Waals surface area contributed by atoms with Gasteiger partial charge in [0.2, 0.25) is 0 Å². The zero-order chi connectivity index (χ0) is 20.1. The van der Waals surface area contributed by atoms with E-state index < -0.39 is 11.9 Å². The molecule has 1 aliphatic rings. The normalized spacial score (nSPS) is 19.1. The molecule has 2 aromatic rings. The molecular formula is C24H26O4. The Morgan fingerprint density at radius 3 is 2.43 bits per heavy atom. The molecule has 4 nitrogen and oxygen atoms in total. The number of methoxy groups -OCH3 is 1. The number of ether oxygens (including phenoxy) is 2. The Balaban J connectivity index is 2.04. The molecule has 0 saturated heterocycles. The lowest BCUT2D eigenvalue weighted by Crippen LogP contribution is -2.34. The Hall–Kier alpha value is -2.88. The number of carbonyl (C=O) groups is 2. The van der Waals surface area contributed by atoms with Crippen LogP contribution in [-0.4, -0.2) is 25.5 Å². The molecule has 0 N–H and O–H groups in total. The van der Waals surface area contributed by atoms with E-state index in [2.05, 4.69) is 19.1 Å². The summed E-state index contributed by atoms with van der Waals surface area (Å²) in [4.78, 5) is 25.6. The van der Waals surface area contributed by atoms with Crippen molar-refractivity contribution in [1.82, 2.24) is 0 Å². The van der Waals surface area contributed by atoms with Gasteiger partial charge < -0.3 is 9.47 Å². The summed E-state index contributed by atoms with van der Waals surface area (Å²) < 4.78 is 10.7.